The Kier molecular flexibility index (Phi) is 6.40. The number of nitrogens with zero attached hydrogens (tertiary/aromatic N) is 1. The van der Waals surface area contributed by atoms with E-state index in [-0.39, 0.29) is 24.3 Å². The fourth-order valence-electron chi connectivity index (χ4n) is 2.16. The van der Waals surface area contributed by atoms with E-state index < -0.39 is 31.3 Å². The van der Waals surface area contributed by atoms with Crippen molar-refractivity contribution in [2.24, 2.45) is 0 Å². The lowest BCUT2D eigenvalue weighted by Crippen LogP contribution is -2.28. The molecule has 144 valence electrons. The molecule has 2 N–H and O–H groups in total. The van der Waals surface area contributed by atoms with E-state index in [1.165, 1.54) is 18.2 Å². The summed E-state index contributed by atoms with van der Waals surface area (Å²) in [5.41, 5.74) is 0.298. The average Bonchev–Trinajstić information content (AvgIpc) is 2.65. The zero-order valence-electron chi connectivity index (χ0n) is 13.8. The van der Waals surface area contributed by atoms with Crippen LogP contribution < -0.4 is 10.6 Å². The van der Waals surface area contributed by atoms with Gasteiger partial charge in [-0.1, -0.05) is 12.1 Å². The Morgan fingerprint density at radius 1 is 1.07 bits per heavy atom. The minimum atomic E-state index is -4.71. The lowest BCUT2D eigenvalue weighted by atomic mass is 10.2. The molecular formula is C16H15F2N3O5S. The number of carbonyl (C=O) groups excluding carboxylic acids is 1. The molecule has 0 bridgehead atoms. The number of nitrogens with one attached hydrogen (secondary N) is 2. The van der Waals surface area contributed by atoms with Crippen LogP contribution in [-0.2, 0) is 9.84 Å². The molecule has 2 aromatic carbocycles. The summed E-state index contributed by atoms with van der Waals surface area (Å²) in [6.45, 7) is 0.330. The van der Waals surface area contributed by atoms with Gasteiger partial charge in [0.25, 0.3) is 11.6 Å². The van der Waals surface area contributed by atoms with Crippen LogP contribution in [0, 0.1) is 10.1 Å². The van der Waals surface area contributed by atoms with Gasteiger partial charge in [-0.3, -0.25) is 14.9 Å². The molecule has 0 radical (unpaired) electrons. The monoisotopic (exact) mass is 399 g/mol. The van der Waals surface area contributed by atoms with Gasteiger partial charge in [-0.25, -0.2) is 8.42 Å². The summed E-state index contributed by atoms with van der Waals surface area (Å²) < 4.78 is 47.6. The van der Waals surface area contributed by atoms with Crippen molar-refractivity contribution in [3.63, 3.8) is 0 Å². The quantitative estimate of drug-likeness (QED) is 0.400. The summed E-state index contributed by atoms with van der Waals surface area (Å²) in [5, 5.41) is 16.2. The molecule has 0 unspecified atom stereocenters. The number of halogens is 2. The van der Waals surface area contributed by atoms with Crippen LogP contribution in [0.4, 0.5) is 20.2 Å². The van der Waals surface area contributed by atoms with Crippen molar-refractivity contribution in [2.75, 3.05) is 18.4 Å². The highest BCUT2D eigenvalue weighted by atomic mass is 32.2. The van der Waals surface area contributed by atoms with E-state index in [4.69, 9.17) is 0 Å². The molecule has 2 rings (SSSR count). The number of hydrogen-bond donors (Lipinski definition) is 2. The second-order valence-electron chi connectivity index (χ2n) is 5.29. The molecule has 11 heteroatoms. The van der Waals surface area contributed by atoms with Crippen LogP contribution in [0.3, 0.4) is 0 Å². The number of carbonyl (C=O) groups is 1. The molecule has 0 spiro atoms. The first kappa shape index (κ1) is 20.2. The predicted molar refractivity (Wildman–Crippen MR) is 93.6 cm³/mol. The lowest BCUT2D eigenvalue weighted by Gasteiger charge is -2.09. The van der Waals surface area contributed by atoms with E-state index in [9.17, 15) is 32.1 Å². The highest BCUT2D eigenvalue weighted by molar-refractivity contribution is 7.91. The Labute approximate surface area is 153 Å². The SMILES string of the molecule is O=C(NCCNc1ccccc1[N+](=O)[O-])c1ccc(S(=O)(=O)C(F)F)cc1. The van der Waals surface area contributed by atoms with Crippen LogP contribution in [0.25, 0.3) is 0 Å². The summed E-state index contributed by atoms with van der Waals surface area (Å²) in [7, 11) is -4.71. The van der Waals surface area contributed by atoms with Crippen molar-refractivity contribution in [3.8, 4) is 0 Å². The molecular weight excluding hydrogens is 384 g/mol. The van der Waals surface area contributed by atoms with E-state index in [1.807, 2.05) is 0 Å². The molecule has 2 aromatic rings. The van der Waals surface area contributed by atoms with Crippen LogP contribution in [0.2, 0.25) is 0 Å². The van der Waals surface area contributed by atoms with Crippen molar-refractivity contribution in [3.05, 3.63) is 64.2 Å². The van der Waals surface area contributed by atoms with Gasteiger partial charge in [-0.2, -0.15) is 8.78 Å². The van der Waals surface area contributed by atoms with Crippen LogP contribution in [-0.4, -0.2) is 38.1 Å². The normalized spacial score (nSPS) is 11.2. The van der Waals surface area contributed by atoms with E-state index in [2.05, 4.69) is 10.6 Å². The van der Waals surface area contributed by atoms with E-state index in [1.54, 1.807) is 6.07 Å². The van der Waals surface area contributed by atoms with Crippen LogP contribution in [0.15, 0.2) is 53.4 Å². The first-order chi connectivity index (χ1) is 12.7. The number of rotatable bonds is 8. The molecule has 0 saturated carbocycles. The van der Waals surface area contributed by atoms with Gasteiger partial charge in [0.2, 0.25) is 9.84 Å². The van der Waals surface area contributed by atoms with Gasteiger partial charge in [-0.15, -0.1) is 0 Å². The fourth-order valence-corrected chi connectivity index (χ4v) is 2.88. The van der Waals surface area contributed by atoms with Crippen molar-refractivity contribution < 1.29 is 26.9 Å². The molecule has 1 amide bonds. The number of alkyl halides is 2. The van der Waals surface area contributed by atoms with Gasteiger partial charge in [0.15, 0.2) is 0 Å². The van der Waals surface area contributed by atoms with Gasteiger partial charge in [0.1, 0.15) is 5.69 Å². The molecule has 0 aliphatic carbocycles. The minimum Gasteiger partial charge on any atom is -0.378 e. The van der Waals surface area contributed by atoms with Crippen molar-refractivity contribution >= 4 is 27.1 Å². The molecule has 0 atom stereocenters. The zero-order valence-corrected chi connectivity index (χ0v) is 14.6. The largest absolute Gasteiger partial charge is 0.378 e. The first-order valence-electron chi connectivity index (χ1n) is 7.61. The molecule has 0 heterocycles. The summed E-state index contributed by atoms with van der Waals surface area (Å²) in [4.78, 5) is 21.8. The molecule has 0 saturated heterocycles. The number of benzene rings is 2. The van der Waals surface area contributed by atoms with Crippen molar-refractivity contribution in [1.29, 1.82) is 0 Å². The highest BCUT2D eigenvalue weighted by Crippen LogP contribution is 2.22. The second-order valence-corrected chi connectivity index (χ2v) is 7.20. The third-order valence-corrected chi connectivity index (χ3v) is 4.90. The minimum absolute atomic E-state index is 0.0916. The van der Waals surface area contributed by atoms with Gasteiger partial charge in [-0.05, 0) is 30.3 Å². The van der Waals surface area contributed by atoms with Gasteiger partial charge < -0.3 is 10.6 Å². The number of nitro benzene ring substituents is 1. The van der Waals surface area contributed by atoms with Crippen LogP contribution >= 0.6 is 0 Å². The van der Waals surface area contributed by atoms with Crippen LogP contribution in [0.5, 0.6) is 0 Å². The molecule has 8 nitrogen and oxygen atoms in total. The van der Waals surface area contributed by atoms with Gasteiger partial charge in [0, 0.05) is 24.7 Å². The number of nitro groups is 1. The smallest absolute Gasteiger partial charge is 0.341 e. The maximum absolute atomic E-state index is 12.5. The van der Waals surface area contributed by atoms with Gasteiger partial charge in [0.05, 0.1) is 9.82 Å². The third-order valence-electron chi connectivity index (χ3n) is 3.51. The standard InChI is InChI=1S/C16H15F2N3O5S/c17-16(18)27(25,26)12-7-5-11(6-8-12)15(22)20-10-9-19-13-3-1-2-4-14(13)21(23)24/h1-8,16,19H,9-10H2,(H,20,22). The summed E-state index contributed by atoms with van der Waals surface area (Å²) in [6.07, 6.45) is 0. The number of anilines is 1. The van der Waals surface area contributed by atoms with Crippen molar-refractivity contribution in [1.82, 2.24) is 5.32 Å². The Balaban J connectivity index is 1.91. The zero-order chi connectivity index (χ0) is 20.0. The number of para-hydroxylation sites is 2. The Morgan fingerprint density at radius 3 is 2.30 bits per heavy atom. The Morgan fingerprint density at radius 2 is 1.70 bits per heavy atom. The molecule has 0 aromatic heterocycles. The Bertz CT molecular complexity index is 933. The number of amides is 1. The number of hydrogen-bond acceptors (Lipinski definition) is 6. The maximum atomic E-state index is 12.5. The predicted octanol–water partition coefficient (Wildman–Crippen LogP) is 2.43. The van der Waals surface area contributed by atoms with E-state index >= 15 is 0 Å². The first-order valence-corrected chi connectivity index (χ1v) is 9.15. The van der Waals surface area contributed by atoms with E-state index in [0.29, 0.717) is 5.69 Å². The second kappa shape index (κ2) is 8.54. The fraction of sp³-hybridized carbons (Fsp3) is 0.188. The topological polar surface area (TPSA) is 118 Å². The average molecular weight is 399 g/mol. The number of sulfone groups is 1. The Hall–Kier alpha value is -3.08. The molecule has 27 heavy (non-hydrogen) atoms. The highest BCUT2D eigenvalue weighted by Gasteiger charge is 2.26. The molecule has 0 aliphatic rings. The maximum Gasteiger partial charge on any atom is 0.341 e. The molecule has 0 fully saturated rings. The summed E-state index contributed by atoms with van der Waals surface area (Å²) >= 11 is 0. The lowest BCUT2D eigenvalue weighted by molar-refractivity contribution is -0.384. The van der Waals surface area contributed by atoms with Crippen molar-refractivity contribution in [2.45, 2.75) is 10.7 Å². The van der Waals surface area contributed by atoms with Gasteiger partial charge >= 0.3 is 5.76 Å². The molecule has 0 aliphatic heterocycles. The summed E-state index contributed by atoms with van der Waals surface area (Å²) in [6, 6.07) is 10.1. The van der Waals surface area contributed by atoms with Crippen LogP contribution in [0.1, 0.15) is 10.4 Å². The summed E-state index contributed by atoms with van der Waals surface area (Å²) in [5.74, 6) is -4.08. The third kappa shape index (κ3) is 4.97. The van der Waals surface area contributed by atoms with E-state index in [0.717, 1.165) is 24.3 Å².